The van der Waals surface area contributed by atoms with Crippen molar-refractivity contribution in [2.75, 3.05) is 0 Å². The van der Waals surface area contributed by atoms with Gasteiger partial charge in [0.1, 0.15) is 6.04 Å². The van der Waals surface area contributed by atoms with Gasteiger partial charge in [0.15, 0.2) is 0 Å². The molecule has 2 atom stereocenters. The molecule has 1 heterocycles. The SMILES string of the molecule is CC(NC(=O)c1ccccc1CN[C@H]1CCC(=O)NC1=O)C(=O)O. The highest BCUT2D eigenvalue weighted by Crippen LogP contribution is 2.11. The molecule has 1 aromatic rings. The highest BCUT2D eigenvalue weighted by atomic mass is 16.4. The molecule has 1 fully saturated rings. The van der Waals surface area contributed by atoms with Crippen LogP contribution in [0, 0.1) is 0 Å². The molecule has 1 aliphatic rings. The topological polar surface area (TPSA) is 125 Å². The average molecular weight is 333 g/mol. The Morgan fingerprint density at radius 1 is 1.33 bits per heavy atom. The van der Waals surface area contributed by atoms with Gasteiger partial charge in [-0.3, -0.25) is 24.5 Å². The predicted octanol–water partition coefficient (Wildman–Crippen LogP) is -0.216. The quantitative estimate of drug-likeness (QED) is 0.534. The van der Waals surface area contributed by atoms with Gasteiger partial charge in [-0.2, -0.15) is 0 Å². The van der Waals surface area contributed by atoms with E-state index < -0.39 is 24.0 Å². The summed E-state index contributed by atoms with van der Waals surface area (Å²) in [5.74, 6) is -2.29. The van der Waals surface area contributed by atoms with Crippen molar-refractivity contribution in [1.82, 2.24) is 16.0 Å². The van der Waals surface area contributed by atoms with Crippen LogP contribution in [0.5, 0.6) is 0 Å². The standard InChI is InChI=1S/C16H19N3O5/c1-9(16(23)24)18-14(21)11-5-3-2-4-10(11)8-17-12-6-7-13(20)19-15(12)22/h2-5,9,12,17H,6-8H2,1H3,(H,18,21)(H,23,24)(H,19,20,22)/t9?,12-/m0/s1. The molecule has 8 nitrogen and oxygen atoms in total. The molecular formula is C16H19N3O5. The van der Waals surface area contributed by atoms with E-state index in [9.17, 15) is 19.2 Å². The summed E-state index contributed by atoms with van der Waals surface area (Å²) in [7, 11) is 0. The van der Waals surface area contributed by atoms with Crippen LogP contribution < -0.4 is 16.0 Å². The molecule has 2 rings (SSSR count). The van der Waals surface area contributed by atoms with E-state index >= 15 is 0 Å². The zero-order valence-corrected chi connectivity index (χ0v) is 13.2. The van der Waals surface area contributed by atoms with Crippen molar-refractivity contribution >= 4 is 23.7 Å². The molecule has 1 saturated heterocycles. The van der Waals surface area contributed by atoms with E-state index in [1.54, 1.807) is 24.3 Å². The second-order valence-electron chi connectivity index (χ2n) is 5.58. The smallest absolute Gasteiger partial charge is 0.325 e. The minimum absolute atomic E-state index is 0.247. The van der Waals surface area contributed by atoms with Gasteiger partial charge >= 0.3 is 5.97 Å². The van der Waals surface area contributed by atoms with Gasteiger partial charge in [0.2, 0.25) is 11.8 Å². The van der Waals surface area contributed by atoms with Crippen molar-refractivity contribution in [3.05, 3.63) is 35.4 Å². The van der Waals surface area contributed by atoms with Crippen LogP contribution in [-0.2, 0) is 20.9 Å². The van der Waals surface area contributed by atoms with Crippen molar-refractivity contribution in [3.8, 4) is 0 Å². The van der Waals surface area contributed by atoms with E-state index in [-0.39, 0.29) is 24.8 Å². The zero-order chi connectivity index (χ0) is 17.7. The molecular weight excluding hydrogens is 314 g/mol. The summed E-state index contributed by atoms with van der Waals surface area (Å²) < 4.78 is 0. The first kappa shape index (κ1) is 17.6. The molecule has 8 heteroatoms. The number of carbonyl (C=O) groups is 4. The number of carboxylic acid groups (broad SMARTS) is 1. The maximum absolute atomic E-state index is 12.2. The number of imide groups is 1. The second kappa shape index (κ2) is 7.69. The molecule has 1 aliphatic heterocycles. The molecule has 24 heavy (non-hydrogen) atoms. The minimum Gasteiger partial charge on any atom is -0.480 e. The number of carboxylic acids is 1. The van der Waals surface area contributed by atoms with E-state index in [0.29, 0.717) is 17.5 Å². The van der Waals surface area contributed by atoms with Gasteiger partial charge in [-0.25, -0.2) is 0 Å². The molecule has 0 radical (unpaired) electrons. The predicted molar refractivity (Wildman–Crippen MR) is 84.0 cm³/mol. The molecule has 1 unspecified atom stereocenters. The Hall–Kier alpha value is -2.74. The van der Waals surface area contributed by atoms with Gasteiger partial charge < -0.3 is 15.7 Å². The molecule has 0 aromatic heterocycles. The fraction of sp³-hybridized carbons (Fsp3) is 0.375. The number of amides is 3. The summed E-state index contributed by atoms with van der Waals surface area (Å²) >= 11 is 0. The van der Waals surface area contributed by atoms with Crippen LogP contribution in [0.1, 0.15) is 35.7 Å². The number of aliphatic carboxylic acids is 1. The van der Waals surface area contributed by atoms with Gasteiger partial charge in [-0.15, -0.1) is 0 Å². The normalized spacial score (nSPS) is 18.6. The summed E-state index contributed by atoms with van der Waals surface area (Å²) in [6.45, 7) is 1.63. The summed E-state index contributed by atoms with van der Waals surface area (Å²) in [4.78, 5) is 45.9. The first-order valence-corrected chi connectivity index (χ1v) is 7.57. The van der Waals surface area contributed by atoms with Gasteiger partial charge in [-0.05, 0) is 25.0 Å². The minimum atomic E-state index is -1.12. The van der Waals surface area contributed by atoms with Crippen LogP contribution in [0.3, 0.4) is 0 Å². The molecule has 0 saturated carbocycles. The Kier molecular flexibility index (Phi) is 5.64. The summed E-state index contributed by atoms with van der Waals surface area (Å²) in [5, 5.41) is 16.5. The lowest BCUT2D eigenvalue weighted by Gasteiger charge is -2.22. The lowest BCUT2D eigenvalue weighted by molar-refractivity contribution is -0.139. The summed E-state index contributed by atoms with van der Waals surface area (Å²) in [6.07, 6.45) is 0.663. The Morgan fingerprint density at radius 2 is 2.04 bits per heavy atom. The fourth-order valence-corrected chi connectivity index (χ4v) is 2.35. The van der Waals surface area contributed by atoms with E-state index in [0.717, 1.165) is 0 Å². The van der Waals surface area contributed by atoms with Crippen LogP contribution in [0.15, 0.2) is 24.3 Å². The lowest BCUT2D eigenvalue weighted by Crippen LogP contribution is -2.50. The summed E-state index contributed by atoms with van der Waals surface area (Å²) in [6, 6.07) is 5.23. The Morgan fingerprint density at radius 3 is 2.71 bits per heavy atom. The number of hydrogen-bond donors (Lipinski definition) is 4. The highest BCUT2D eigenvalue weighted by Gasteiger charge is 2.26. The van der Waals surface area contributed by atoms with Gasteiger partial charge in [0.25, 0.3) is 5.91 Å². The molecule has 1 aromatic carbocycles. The zero-order valence-electron chi connectivity index (χ0n) is 13.2. The average Bonchev–Trinajstić information content (AvgIpc) is 2.54. The van der Waals surface area contributed by atoms with Crippen LogP contribution in [0.4, 0.5) is 0 Å². The molecule has 0 bridgehead atoms. The molecule has 3 amide bonds. The van der Waals surface area contributed by atoms with Crippen LogP contribution in [0.25, 0.3) is 0 Å². The molecule has 0 spiro atoms. The monoisotopic (exact) mass is 333 g/mol. The Balaban J connectivity index is 2.03. The third kappa shape index (κ3) is 4.39. The van der Waals surface area contributed by atoms with Gasteiger partial charge in [-0.1, -0.05) is 18.2 Å². The van der Waals surface area contributed by atoms with Crippen LogP contribution in [0.2, 0.25) is 0 Å². The third-order valence-corrected chi connectivity index (χ3v) is 3.76. The first-order chi connectivity index (χ1) is 11.4. The van der Waals surface area contributed by atoms with E-state index in [1.807, 2.05) is 0 Å². The van der Waals surface area contributed by atoms with E-state index in [1.165, 1.54) is 6.92 Å². The maximum Gasteiger partial charge on any atom is 0.325 e. The van der Waals surface area contributed by atoms with E-state index in [2.05, 4.69) is 16.0 Å². The van der Waals surface area contributed by atoms with Gasteiger partial charge in [0, 0.05) is 18.5 Å². The van der Waals surface area contributed by atoms with E-state index in [4.69, 9.17) is 5.11 Å². The molecule has 4 N–H and O–H groups in total. The van der Waals surface area contributed by atoms with Crippen LogP contribution in [-0.4, -0.2) is 40.9 Å². The maximum atomic E-state index is 12.2. The van der Waals surface area contributed by atoms with Gasteiger partial charge in [0.05, 0.1) is 6.04 Å². The third-order valence-electron chi connectivity index (χ3n) is 3.76. The lowest BCUT2D eigenvalue weighted by atomic mass is 10.0. The number of nitrogens with one attached hydrogen (secondary N) is 3. The fourth-order valence-electron chi connectivity index (χ4n) is 2.35. The number of piperidine rings is 1. The summed E-state index contributed by atoms with van der Waals surface area (Å²) in [5.41, 5.74) is 0.975. The number of rotatable bonds is 6. The number of hydrogen-bond acceptors (Lipinski definition) is 5. The van der Waals surface area contributed by atoms with Crippen molar-refractivity contribution in [3.63, 3.8) is 0 Å². The second-order valence-corrected chi connectivity index (χ2v) is 5.58. The molecule has 0 aliphatic carbocycles. The largest absolute Gasteiger partial charge is 0.480 e. The number of benzene rings is 1. The number of carbonyl (C=O) groups excluding carboxylic acids is 3. The Bertz CT molecular complexity index is 673. The van der Waals surface area contributed by atoms with Crippen molar-refractivity contribution in [1.29, 1.82) is 0 Å². The Labute approximate surface area is 138 Å². The van der Waals surface area contributed by atoms with Crippen molar-refractivity contribution in [2.24, 2.45) is 0 Å². The van der Waals surface area contributed by atoms with Crippen molar-refractivity contribution in [2.45, 2.75) is 38.4 Å². The van der Waals surface area contributed by atoms with Crippen LogP contribution >= 0.6 is 0 Å². The van der Waals surface area contributed by atoms with Crippen molar-refractivity contribution < 1.29 is 24.3 Å². The molecule has 128 valence electrons. The highest BCUT2D eigenvalue weighted by molar-refractivity contribution is 6.00. The first-order valence-electron chi connectivity index (χ1n) is 7.57.